The minimum absolute atomic E-state index is 0.292. The number of hydrogen-bond acceptors (Lipinski definition) is 7. The largest absolute Gasteiger partial charge is 0.381 e. The van der Waals surface area contributed by atoms with E-state index in [9.17, 15) is 0 Å². The minimum atomic E-state index is 0.292. The van der Waals surface area contributed by atoms with Gasteiger partial charge >= 0.3 is 0 Å². The third kappa shape index (κ3) is 3.66. The summed E-state index contributed by atoms with van der Waals surface area (Å²) in [6.45, 7) is 4.12. The molecule has 8 heteroatoms. The Bertz CT molecular complexity index is 637. The lowest BCUT2D eigenvalue weighted by molar-refractivity contribution is 0.193. The van der Waals surface area contributed by atoms with E-state index in [0.717, 1.165) is 52.5 Å². The molecule has 3 rings (SSSR count). The Morgan fingerprint density at radius 3 is 3.00 bits per heavy atom. The standard InChI is InChI=1S/C14H18ClN5OS/c1-8-13(15)22-12(18-8)2-4-17-11-6-10(19-14(16)20-11)9-3-5-21-7-9/h6,9H,2-5,7H2,1H3,(H3,16,17,19,20)/t9-/m1/s1. The van der Waals surface area contributed by atoms with E-state index in [1.54, 1.807) is 0 Å². The first-order valence-corrected chi connectivity index (χ1v) is 8.39. The highest BCUT2D eigenvalue weighted by atomic mass is 35.5. The topological polar surface area (TPSA) is 86.0 Å². The SMILES string of the molecule is Cc1nc(CCNc2cc([C@@H]3CCOC3)nc(N)n2)sc1Cl. The van der Waals surface area contributed by atoms with Gasteiger partial charge in [-0.3, -0.25) is 0 Å². The van der Waals surface area contributed by atoms with Gasteiger partial charge in [0.2, 0.25) is 5.95 Å². The Morgan fingerprint density at radius 2 is 2.32 bits per heavy atom. The average Bonchev–Trinajstić information content (AvgIpc) is 3.09. The second kappa shape index (κ2) is 6.76. The first-order valence-electron chi connectivity index (χ1n) is 7.19. The molecular formula is C14H18ClN5OS. The number of nitrogen functional groups attached to an aromatic ring is 1. The van der Waals surface area contributed by atoms with E-state index in [2.05, 4.69) is 20.3 Å². The number of thiazole rings is 1. The molecule has 0 unspecified atom stereocenters. The van der Waals surface area contributed by atoms with Crippen molar-refractivity contribution in [3.63, 3.8) is 0 Å². The van der Waals surface area contributed by atoms with Crippen LogP contribution < -0.4 is 11.1 Å². The fourth-order valence-electron chi connectivity index (χ4n) is 2.39. The van der Waals surface area contributed by atoms with E-state index in [-0.39, 0.29) is 0 Å². The van der Waals surface area contributed by atoms with Gasteiger partial charge in [0.25, 0.3) is 0 Å². The van der Waals surface area contributed by atoms with Gasteiger partial charge in [-0.15, -0.1) is 11.3 Å². The molecule has 0 radical (unpaired) electrons. The molecule has 118 valence electrons. The zero-order chi connectivity index (χ0) is 15.5. The van der Waals surface area contributed by atoms with Crippen molar-refractivity contribution >= 4 is 34.7 Å². The highest BCUT2D eigenvalue weighted by molar-refractivity contribution is 7.16. The van der Waals surface area contributed by atoms with E-state index >= 15 is 0 Å². The molecule has 1 aliphatic heterocycles. The van der Waals surface area contributed by atoms with E-state index in [4.69, 9.17) is 22.1 Å². The van der Waals surface area contributed by atoms with Gasteiger partial charge in [0.15, 0.2) is 0 Å². The van der Waals surface area contributed by atoms with Crippen molar-refractivity contribution in [1.82, 2.24) is 15.0 Å². The van der Waals surface area contributed by atoms with Crippen LogP contribution in [-0.4, -0.2) is 34.7 Å². The molecule has 1 fully saturated rings. The summed E-state index contributed by atoms with van der Waals surface area (Å²) in [6, 6.07) is 1.95. The molecule has 0 bridgehead atoms. The highest BCUT2D eigenvalue weighted by Crippen LogP contribution is 2.26. The first kappa shape index (κ1) is 15.5. The second-order valence-electron chi connectivity index (χ2n) is 5.24. The maximum Gasteiger partial charge on any atom is 0.222 e. The van der Waals surface area contributed by atoms with Crippen LogP contribution in [0.15, 0.2) is 6.07 Å². The molecule has 0 aliphatic carbocycles. The number of hydrogen-bond donors (Lipinski definition) is 2. The molecule has 1 saturated heterocycles. The molecule has 0 aromatic carbocycles. The Kier molecular flexibility index (Phi) is 4.75. The highest BCUT2D eigenvalue weighted by Gasteiger charge is 2.20. The normalized spacial score (nSPS) is 17.8. The number of aromatic nitrogens is 3. The van der Waals surface area contributed by atoms with Crippen molar-refractivity contribution in [2.24, 2.45) is 0 Å². The zero-order valence-electron chi connectivity index (χ0n) is 12.3. The van der Waals surface area contributed by atoms with Crippen LogP contribution in [0.4, 0.5) is 11.8 Å². The van der Waals surface area contributed by atoms with Crippen molar-refractivity contribution in [1.29, 1.82) is 0 Å². The van der Waals surface area contributed by atoms with Crippen LogP contribution in [0.5, 0.6) is 0 Å². The molecule has 6 nitrogen and oxygen atoms in total. The Balaban J connectivity index is 1.62. The molecule has 0 saturated carbocycles. The van der Waals surface area contributed by atoms with Crippen LogP contribution in [0.3, 0.4) is 0 Å². The number of ether oxygens (including phenoxy) is 1. The lowest BCUT2D eigenvalue weighted by atomic mass is 10.0. The van der Waals surface area contributed by atoms with E-state index in [0.29, 0.717) is 18.5 Å². The number of nitrogens with one attached hydrogen (secondary N) is 1. The van der Waals surface area contributed by atoms with Gasteiger partial charge < -0.3 is 15.8 Å². The van der Waals surface area contributed by atoms with Crippen molar-refractivity contribution < 1.29 is 4.74 Å². The monoisotopic (exact) mass is 339 g/mol. The Morgan fingerprint density at radius 1 is 1.45 bits per heavy atom. The second-order valence-corrected chi connectivity index (χ2v) is 6.93. The van der Waals surface area contributed by atoms with Gasteiger partial charge in [-0.1, -0.05) is 11.6 Å². The van der Waals surface area contributed by atoms with Crippen molar-refractivity contribution in [2.45, 2.75) is 25.7 Å². The number of nitrogens with two attached hydrogens (primary N) is 1. The van der Waals surface area contributed by atoms with Crippen molar-refractivity contribution in [2.75, 3.05) is 30.8 Å². The fourth-order valence-corrected chi connectivity index (χ4v) is 3.48. The molecule has 0 spiro atoms. The summed E-state index contributed by atoms with van der Waals surface area (Å²) in [7, 11) is 0. The first-order chi connectivity index (χ1) is 10.6. The number of nitrogens with zero attached hydrogens (tertiary/aromatic N) is 3. The maximum atomic E-state index is 6.03. The predicted octanol–water partition coefficient (Wildman–Crippen LogP) is 2.64. The molecule has 0 amide bonds. The molecule has 2 aromatic heterocycles. The summed E-state index contributed by atoms with van der Waals surface area (Å²) >= 11 is 7.54. The smallest absolute Gasteiger partial charge is 0.222 e. The quantitative estimate of drug-likeness (QED) is 0.871. The summed E-state index contributed by atoms with van der Waals surface area (Å²) in [5.41, 5.74) is 7.63. The zero-order valence-corrected chi connectivity index (χ0v) is 13.9. The van der Waals surface area contributed by atoms with Crippen LogP contribution in [0.2, 0.25) is 4.34 Å². The summed E-state index contributed by atoms with van der Waals surface area (Å²) in [5.74, 6) is 1.35. The summed E-state index contributed by atoms with van der Waals surface area (Å²) in [5, 5.41) is 4.29. The Hall–Kier alpha value is -1.44. The lowest BCUT2D eigenvalue weighted by Gasteiger charge is -2.11. The summed E-state index contributed by atoms with van der Waals surface area (Å²) in [6.07, 6.45) is 1.77. The summed E-state index contributed by atoms with van der Waals surface area (Å²) in [4.78, 5) is 13.0. The van der Waals surface area contributed by atoms with Crippen LogP contribution in [-0.2, 0) is 11.2 Å². The van der Waals surface area contributed by atoms with Crippen LogP contribution in [0.1, 0.15) is 28.7 Å². The molecular weight excluding hydrogens is 322 g/mol. The van der Waals surface area contributed by atoms with Gasteiger partial charge in [0.05, 0.1) is 23.0 Å². The molecule has 3 N–H and O–H groups in total. The molecule has 22 heavy (non-hydrogen) atoms. The number of aryl methyl sites for hydroxylation is 1. The van der Waals surface area contributed by atoms with Crippen LogP contribution in [0, 0.1) is 6.92 Å². The van der Waals surface area contributed by atoms with E-state index in [1.807, 2.05) is 13.0 Å². The van der Waals surface area contributed by atoms with Gasteiger partial charge in [-0.2, -0.15) is 4.98 Å². The van der Waals surface area contributed by atoms with Gasteiger partial charge in [0, 0.05) is 31.6 Å². The number of halogens is 1. The molecule has 1 atom stereocenters. The molecule has 1 aliphatic rings. The molecule has 2 aromatic rings. The Labute approximate surface area is 138 Å². The van der Waals surface area contributed by atoms with Crippen LogP contribution >= 0.6 is 22.9 Å². The van der Waals surface area contributed by atoms with Gasteiger partial charge in [-0.25, -0.2) is 9.97 Å². The summed E-state index contributed by atoms with van der Waals surface area (Å²) < 4.78 is 6.16. The number of anilines is 2. The minimum Gasteiger partial charge on any atom is -0.381 e. The predicted molar refractivity (Wildman–Crippen MR) is 88.7 cm³/mol. The number of rotatable bonds is 5. The van der Waals surface area contributed by atoms with Crippen molar-refractivity contribution in [3.05, 3.63) is 26.8 Å². The lowest BCUT2D eigenvalue weighted by Crippen LogP contribution is -2.11. The van der Waals surface area contributed by atoms with E-state index in [1.165, 1.54) is 11.3 Å². The van der Waals surface area contributed by atoms with Gasteiger partial charge in [0.1, 0.15) is 10.2 Å². The molecule has 3 heterocycles. The van der Waals surface area contributed by atoms with Crippen molar-refractivity contribution in [3.8, 4) is 0 Å². The maximum absolute atomic E-state index is 6.03. The van der Waals surface area contributed by atoms with E-state index < -0.39 is 0 Å². The fraction of sp³-hybridized carbons (Fsp3) is 0.500. The third-order valence-electron chi connectivity index (χ3n) is 3.54. The van der Waals surface area contributed by atoms with Gasteiger partial charge in [-0.05, 0) is 13.3 Å². The van der Waals surface area contributed by atoms with Crippen LogP contribution in [0.25, 0.3) is 0 Å². The third-order valence-corrected chi connectivity index (χ3v) is 5.05. The average molecular weight is 340 g/mol.